The molecule has 0 aliphatic rings. The molecule has 0 aliphatic heterocycles. The van der Waals surface area contributed by atoms with Gasteiger partial charge in [0.25, 0.3) is 0 Å². The van der Waals surface area contributed by atoms with Crippen LogP contribution >= 0.6 is 11.3 Å². The first-order chi connectivity index (χ1) is 9.85. The number of halogens is 1. The zero-order valence-electron chi connectivity index (χ0n) is 13.0. The maximum Gasteiger partial charge on any atom is 0.185 e. The molecule has 0 aliphatic carbocycles. The number of anilines is 1. The standard InChI is InChI=1S/C16H22FN3S/c1-16(2,3)18-9-13-11-21-15(19-13)20(4)10-12-7-5-6-8-14(12)17/h5-8,11,18H,9-10H2,1-4H3. The Labute approximate surface area is 129 Å². The lowest BCUT2D eigenvalue weighted by Gasteiger charge is -2.19. The summed E-state index contributed by atoms with van der Waals surface area (Å²) in [6.45, 7) is 7.65. The van der Waals surface area contributed by atoms with Gasteiger partial charge in [-0.3, -0.25) is 0 Å². The SMILES string of the molecule is CN(Cc1ccccc1F)c1nc(CNC(C)(C)C)cs1. The van der Waals surface area contributed by atoms with Gasteiger partial charge in [0.1, 0.15) is 5.82 Å². The lowest BCUT2D eigenvalue weighted by atomic mass is 10.1. The van der Waals surface area contributed by atoms with Crippen LogP contribution in [0.25, 0.3) is 0 Å². The summed E-state index contributed by atoms with van der Waals surface area (Å²) in [5.41, 5.74) is 1.78. The molecule has 0 fully saturated rings. The van der Waals surface area contributed by atoms with E-state index < -0.39 is 0 Å². The zero-order valence-corrected chi connectivity index (χ0v) is 13.8. The molecule has 21 heavy (non-hydrogen) atoms. The minimum absolute atomic E-state index is 0.0723. The average molecular weight is 307 g/mol. The second kappa shape index (κ2) is 6.54. The molecule has 0 unspecified atom stereocenters. The normalized spacial score (nSPS) is 11.7. The number of hydrogen-bond acceptors (Lipinski definition) is 4. The van der Waals surface area contributed by atoms with Crippen molar-refractivity contribution in [3.63, 3.8) is 0 Å². The van der Waals surface area contributed by atoms with Gasteiger partial charge in [0.2, 0.25) is 0 Å². The number of aromatic nitrogens is 1. The Hall–Kier alpha value is -1.46. The molecule has 0 spiro atoms. The van der Waals surface area contributed by atoms with Crippen molar-refractivity contribution in [2.45, 2.75) is 39.4 Å². The van der Waals surface area contributed by atoms with Crippen LogP contribution < -0.4 is 10.2 Å². The van der Waals surface area contributed by atoms with Crippen LogP contribution in [0.4, 0.5) is 9.52 Å². The van der Waals surface area contributed by atoms with E-state index in [9.17, 15) is 4.39 Å². The minimum atomic E-state index is -0.171. The van der Waals surface area contributed by atoms with Gasteiger partial charge in [0.05, 0.1) is 5.69 Å². The molecule has 2 aromatic rings. The van der Waals surface area contributed by atoms with Crippen molar-refractivity contribution in [2.75, 3.05) is 11.9 Å². The maximum absolute atomic E-state index is 13.7. The number of benzene rings is 1. The molecule has 0 saturated carbocycles. The summed E-state index contributed by atoms with van der Waals surface area (Å²) in [6.07, 6.45) is 0. The van der Waals surface area contributed by atoms with Crippen molar-refractivity contribution < 1.29 is 4.39 Å². The van der Waals surface area contributed by atoms with E-state index >= 15 is 0 Å². The molecule has 1 aromatic carbocycles. The van der Waals surface area contributed by atoms with Crippen LogP contribution in [0.2, 0.25) is 0 Å². The van der Waals surface area contributed by atoms with Gasteiger partial charge >= 0.3 is 0 Å². The van der Waals surface area contributed by atoms with Crippen LogP contribution in [-0.2, 0) is 13.1 Å². The van der Waals surface area contributed by atoms with E-state index in [-0.39, 0.29) is 11.4 Å². The summed E-state index contributed by atoms with van der Waals surface area (Å²) < 4.78 is 13.7. The molecule has 1 N–H and O–H groups in total. The monoisotopic (exact) mass is 307 g/mol. The van der Waals surface area contributed by atoms with Crippen LogP contribution in [0.1, 0.15) is 32.0 Å². The quantitative estimate of drug-likeness (QED) is 0.910. The molecule has 0 amide bonds. The van der Waals surface area contributed by atoms with Gasteiger partial charge in [-0.15, -0.1) is 11.3 Å². The molecule has 0 radical (unpaired) electrons. The highest BCUT2D eigenvalue weighted by Crippen LogP contribution is 2.22. The molecule has 1 heterocycles. The Bertz CT molecular complexity index is 589. The van der Waals surface area contributed by atoms with Crippen LogP contribution in [-0.4, -0.2) is 17.6 Å². The molecule has 0 bridgehead atoms. The van der Waals surface area contributed by atoms with Gasteiger partial charge in [-0.25, -0.2) is 9.37 Å². The molecular formula is C16H22FN3S. The first kappa shape index (κ1) is 15.9. The van der Waals surface area contributed by atoms with E-state index in [4.69, 9.17) is 0 Å². The first-order valence-corrected chi connectivity index (χ1v) is 7.87. The molecule has 114 valence electrons. The Morgan fingerprint density at radius 2 is 2.00 bits per heavy atom. The molecule has 2 rings (SSSR count). The predicted octanol–water partition coefficient (Wildman–Crippen LogP) is 3.81. The fourth-order valence-electron chi connectivity index (χ4n) is 1.86. The number of thiazole rings is 1. The number of hydrogen-bond donors (Lipinski definition) is 1. The highest BCUT2D eigenvalue weighted by Gasteiger charge is 2.12. The topological polar surface area (TPSA) is 28.2 Å². The lowest BCUT2D eigenvalue weighted by molar-refractivity contribution is 0.422. The zero-order chi connectivity index (χ0) is 15.5. The second-order valence-corrected chi connectivity index (χ2v) is 7.01. The van der Waals surface area contributed by atoms with E-state index in [1.807, 2.05) is 29.5 Å². The van der Waals surface area contributed by atoms with Gasteiger partial charge in [0, 0.05) is 36.6 Å². The Morgan fingerprint density at radius 3 is 2.67 bits per heavy atom. The fourth-order valence-corrected chi connectivity index (χ4v) is 2.65. The summed E-state index contributed by atoms with van der Waals surface area (Å²) in [4.78, 5) is 6.57. The second-order valence-electron chi connectivity index (χ2n) is 6.17. The highest BCUT2D eigenvalue weighted by atomic mass is 32.1. The minimum Gasteiger partial charge on any atom is -0.347 e. The largest absolute Gasteiger partial charge is 0.347 e. The molecule has 1 aromatic heterocycles. The number of nitrogens with zero attached hydrogens (tertiary/aromatic N) is 2. The number of rotatable bonds is 5. The predicted molar refractivity (Wildman–Crippen MR) is 87.2 cm³/mol. The van der Waals surface area contributed by atoms with Gasteiger partial charge in [0.15, 0.2) is 5.13 Å². The van der Waals surface area contributed by atoms with Crippen molar-refractivity contribution in [1.82, 2.24) is 10.3 Å². The van der Waals surface area contributed by atoms with E-state index in [2.05, 4.69) is 31.1 Å². The third-order valence-electron chi connectivity index (χ3n) is 3.03. The summed E-state index contributed by atoms with van der Waals surface area (Å²) in [5.74, 6) is -0.171. The summed E-state index contributed by atoms with van der Waals surface area (Å²) in [7, 11) is 1.94. The highest BCUT2D eigenvalue weighted by molar-refractivity contribution is 7.13. The van der Waals surface area contributed by atoms with Crippen molar-refractivity contribution in [3.8, 4) is 0 Å². The van der Waals surface area contributed by atoms with Gasteiger partial charge < -0.3 is 10.2 Å². The third-order valence-corrected chi connectivity index (χ3v) is 4.04. The fraction of sp³-hybridized carbons (Fsp3) is 0.438. The van der Waals surface area contributed by atoms with Crippen molar-refractivity contribution in [2.24, 2.45) is 0 Å². The van der Waals surface area contributed by atoms with Crippen molar-refractivity contribution in [3.05, 3.63) is 46.7 Å². The maximum atomic E-state index is 13.7. The molecular weight excluding hydrogens is 285 g/mol. The first-order valence-electron chi connectivity index (χ1n) is 6.99. The Morgan fingerprint density at radius 1 is 1.29 bits per heavy atom. The third kappa shape index (κ3) is 4.79. The van der Waals surface area contributed by atoms with Gasteiger partial charge in [-0.05, 0) is 26.8 Å². The van der Waals surface area contributed by atoms with Crippen LogP contribution in [0.3, 0.4) is 0 Å². The van der Waals surface area contributed by atoms with E-state index in [0.29, 0.717) is 12.1 Å². The Balaban J connectivity index is 1.99. The van der Waals surface area contributed by atoms with Crippen LogP contribution in [0.5, 0.6) is 0 Å². The van der Waals surface area contributed by atoms with E-state index in [1.165, 1.54) is 6.07 Å². The Kier molecular flexibility index (Phi) is 4.96. The lowest BCUT2D eigenvalue weighted by Crippen LogP contribution is -2.35. The van der Waals surface area contributed by atoms with Crippen LogP contribution in [0.15, 0.2) is 29.6 Å². The summed E-state index contributed by atoms with van der Waals surface area (Å²) in [5, 5.41) is 6.37. The van der Waals surface area contributed by atoms with Crippen molar-refractivity contribution in [1.29, 1.82) is 0 Å². The van der Waals surface area contributed by atoms with E-state index in [1.54, 1.807) is 17.4 Å². The summed E-state index contributed by atoms with van der Waals surface area (Å²) >= 11 is 1.59. The van der Waals surface area contributed by atoms with Gasteiger partial charge in [-0.1, -0.05) is 18.2 Å². The molecule has 5 heteroatoms. The molecule has 0 atom stereocenters. The average Bonchev–Trinajstić information content (AvgIpc) is 2.87. The number of nitrogens with one attached hydrogen (secondary N) is 1. The van der Waals surface area contributed by atoms with Crippen LogP contribution in [0, 0.1) is 5.82 Å². The smallest absolute Gasteiger partial charge is 0.185 e. The molecule has 0 saturated heterocycles. The summed E-state index contributed by atoms with van der Waals surface area (Å²) in [6, 6.07) is 6.86. The van der Waals surface area contributed by atoms with Gasteiger partial charge in [-0.2, -0.15) is 0 Å². The molecule has 3 nitrogen and oxygen atoms in total. The van der Waals surface area contributed by atoms with E-state index in [0.717, 1.165) is 17.4 Å². The van der Waals surface area contributed by atoms with Crippen molar-refractivity contribution >= 4 is 16.5 Å².